The second kappa shape index (κ2) is 10.2. The van der Waals surface area contributed by atoms with Gasteiger partial charge in [-0.05, 0) is 62.4 Å². The summed E-state index contributed by atoms with van der Waals surface area (Å²) in [5.74, 6) is 1.62. The van der Waals surface area contributed by atoms with Crippen LogP contribution in [0.1, 0.15) is 24.2 Å². The van der Waals surface area contributed by atoms with Crippen molar-refractivity contribution < 1.29 is 14.3 Å². The van der Waals surface area contributed by atoms with Gasteiger partial charge < -0.3 is 19.7 Å². The fourth-order valence-corrected chi connectivity index (χ4v) is 3.41. The molecule has 156 valence electrons. The number of nitrogens with zero attached hydrogens (tertiary/aromatic N) is 2. The molecule has 0 saturated carbocycles. The Hall–Kier alpha value is -2.73. The third-order valence-corrected chi connectivity index (χ3v) is 5.01. The molecule has 2 aromatic rings. The lowest BCUT2D eigenvalue weighted by Crippen LogP contribution is -2.48. The molecule has 0 bridgehead atoms. The van der Waals surface area contributed by atoms with Crippen molar-refractivity contribution in [3.63, 3.8) is 0 Å². The van der Waals surface area contributed by atoms with E-state index in [-0.39, 0.29) is 12.0 Å². The predicted octanol–water partition coefficient (Wildman–Crippen LogP) is 3.03. The number of methoxy groups -OCH3 is 1. The Morgan fingerprint density at radius 1 is 0.966 bits per heavy atom. The molecule has 1 heterocycles. The Bertz CT molecular complexity index is 767. The minimum atomic E-state index is -0.0436. The van der Waals surface area contributed by atoms with Crippen LogP contribution in [0.5, 0.6) is 11.5 Å². The topological polar surface area (TPSA) is 54.0 Å². The largest absolute Gasteiger partial charge is 0.497 e. The molecule has 1 fully saturated rings. The maximum atomic E-state index is 12.3. The van der Waals surface area contributed by atoms with Crippen molar-refractivity contribution in [3.05, 3.63) is 54.1 Å². The smallest absolute Gasteiger partial charge is 0.251 e. The van der Waals surface area contributed by atoms with Crippen molar-refractivity contribution in [2.24, 2.45) is 0 Å². The molecule has 0 unspecified atom stereocenters. The van der Waals surface area contributed by atoms with Crippen molar-refractivity contribution in [3.8, 4) is 11.5 Å². The summed E-state index contributed by atoms with van der Waals surface area (Å²) in [5.41, 5.74) is 1.88. The third kappa shape index (κ3) is 6.12. The van der Waals surface area contributed by atoms with Crippen LogP contribution < -0.4 is 19.7 Å². The van der Waals surface area contributed by atoms with Gasteiger partial charge in [-0.2, -0.15) is 0 Å². The quantitative estimate of drug-likeness (QED) is 0.742. The first-order chi connectivity index (χ1) is 14.0. The first-order valence-corrected chi connectivity index (χ1v) is 10.2. The van der Waals surface area contributed by atoms with E-state index in [1.165, 1.54) is 5.69 Å². The number of hydrogen-bond donors (Lipinski definition) is 1. The first kappa shape index (κ1) is 21.0. The van der Waals surface area contributed by atoms with E-state index >= 15 is 0 Å². The lowest BCUT2D eigenvalue weighted by atomic mass is 10.2. The maximum absolute atomic E-state index is 12.3. The van der Waals surface area contributed by atoms with Gasteiger partial charge in [-0.1, -0.05) is 0 Å². The number of rotatable bonds is 8. The number of nitrogens with one attached hydrogen (secondary N) is 1. The lowest BCUT2D eigenvalue weighted by molar-refractivity contribution is 0.0947. The van der Waals surface area contributed by atoms with E-state index in [1.54, 1.807) is 19.2 Å². The van der Waals surface area contributed by atoms with Crippen molar-refractivity contribution in [2.75, 3.05) is 51.3 Å². The van der Waals surface area contributed by atoms with Crippen molar-refractivity contribution in [2.45, 2.75) is 20.0 Å². The molecule has 0 atom stereocenters. The average molecular weight is 398 g/mol. The molecule has 6 heteroatoms. The van der Waals surface area contributed by atoms with E-state index in [2.05, 4.69) is 27.2 Å². The van der Waals surface area contributed by atoms with E-state index in [0.29, 0.717) is 12.1 Å². The van der Waals surface area contributed by atoms with Crippen molar-refractivity contribution >= 4 is 11.6 Å². The van der Waals surface area contributed by atoms with Gasteiger partial charge in [-0.3, -0.25) is 9.69 Å². The second-order valence-electron chi connectivity index (χ2n) is 7.47. The Labute approximate surface area is 173 Å². The van der Waals surface area contributed by atoms with E-state index in [1.807, 2.05) is 38.1 Å². The molecule has 0 spiro atoms. The molecule has 2 aromatic carbocycles. The highest BCUT2D eigenvalue weighted by molar-refractivity contribution is 5.94. The molecule has 1 aliphatic rings. The van der Waals surface area contributed by atoms with Gasteiger partial charge in [-0.15, -0.1) is 0 Å². The van der Waals surface area contributed by atoms with Crippen molar-refractivity contribution in [1.29, 1.82) is 0 Å². The van der Waals surface area contributed by atoms with E-state index < -0.39 is 0 Å². The van der Waals surface area contributed by atoms with Crippen LogP contribution in [0.2, 0.25) is 0 Å². The molecule has 1 aliphatic heterocycles. The number of ether oxygens (including phenoxy) is 2. The number of benzene rings is 2. The van der Waals surface area contributed by atoms with E-state index in [9.17, 15) is 4.79 Å². The lowest BCUT2D eigenvalue weighted by Gasteiger charge is -2.36. The standard InChI is InChI=1S/C23H31N3O3/c1-18(2)29-22-8-4-19(5-9-22)23(27)24-12-13-25-14-16-26(17-15-25)20-6-10-21(28-3)11-7-20/h4-11,18H,12-17H2,1-3H3,(H,24,27). The SMILES string of the molecule is COc1ccc(N2CCN(CCNC(=O)c3ccc(OC(C)C)cc3)CC2)cc1. The van der Waals surface area contributed by atoms with Gasteiger partial charge in [0.1, 0.15) is 11.5 Å². The summed E-state index contributed by atoms with van der Waals surface area (Å²) in [7, 11) is 1.68. The first-order valence-electron chi connectivity index (χ1n) is 10.2. The van der Waals surface area contributed by atoms with E-state index in [4.69, 9.17) is 9.47 Å². The number of carbonyl (C=O) groups is 1. The second-order valence-corrected chi connectivity index (χ2v) is 7.47. The van der Waals surface area contributed by atoms with Gasteiger partial charge in [0.25, 0.3) is 5.91 Å². The van der Waals surface area contributed by atoms with Crippen LogP contribution >= 0.6 is 0 Å². The van der Waals surface area contributed by atoms with Crippen LogP contribution in [-0.2, 0) is 0 Å². The normalized spacial score (nSPS) is 14.7. The Morgan fingerprint density at radius 3 is 2.17 bits per heavy atom. The predicted molar refractivity (Wildman–Crippen MR) is 116 cm³/mol. The van der Waals surface area contributed by atoms with Gasteiger partial charge in [0.15, 0.2) is 0 Å². The number of piperazine rings is 1. The Kier molecular flexibility index (Phi) is 7.36. The summed E-state index contributed by atoms with van der Waals surface area (Å²) in [6.07, 6.45) is 0.125. The summed E-state index contributed by atoms with van der Waals surface area (Å²) in [6, 6.07) is 15.5. The zero-order valence-corrected chi connectivity index (χ0v) is 17.6. The highest BCUT2D eigenvalue weighted by Crippen LogP contribution is 2.20. The number of amides is 1. The minimum absolute atomic E-state index is 0.0436. The van der Waals surface area contributed by atoms with Crippen LogP contribution in [0.15, 0.2) is 48.5 Å². The highest BCUT2D eigenvalue weighted by atomic mass is 16.5. The molecular weight excluding hydrogens is 366 g/mol. The minimum Gasteiger partial charge on any atom is -0.497 e. The maximum Gasteiger partial charge on any atom is 0.251 e. The fraction of sp³-hybridized carbons (Fsp3) is 0.435. The molecule has 1 amide bonds. The number of anilines is 1. The molecule has 1 N–H and O–H groups in total. The van der Waals surface area contributed by atoms with Gasteiger partial charge in [0.05, 0.1) is 13.2 Å². The monoisotopic (exact) mass is 397 g/mol. The van der Waals surface area contributed by atoms with Gasteiger partial charge in [0.2, 0.25) is 0 Å². The van der Waals surface area contributed by atoms with Crippen LogP contribution in [0.25, 0.3) is 0 Å². The van der Waals surface area contributed by atoms with Gasteiger partial charge >= 0.3 is 0 Å². The van der Waals surface area contributed by atoms with Crippen LogP contribution in [0.4, 0.5) is 5.69 Å². The summed E-state index contributed by atoms with van der Waals surface area (Å²) >= 11 is 0. The Balaban J connectivity index is 1.38. The average Bonchev–Trinajstić information content (AvgIpc) is 2.74. The summed E-state index contributed by atoms with van der Waals surface area (Å²) in [5, 5.41) is 3.01. The fourth-order valence-electron chi connectivity index (χ4n) is 3.41. The number of hydrogen-bond acceptors (Lipinski definition) is 5. The van der Waals surface area contributed by atoms with Crippen LogP contribution in [0.3, 0.4) is 0 Å². The van der Waals surface area contributed by atoms with Crippen LogP contribution in [-0.4, -0.2) is 63.3 Å². The molecule has 1 saturated heterocycles. The molecule has 0 aromatic heterocycles. The highest BCUT2D eigenvalue weighted by Gasteiger charge is 2.17. The summed E-state index contributed by atoms with van der Waals surface area (Å²) in [4.78, 5) is 17.1. The van der Waals surface area contributed by atoms with Gasteiger partial charge in [-0.25, -0.2) is 0 Å². The number of carbonyl (C=O) groups excluding carboxylic acids is 1. The van der Waals surface area contributed by atoms with Gasteiger partial charge in [0, 0.05) is 50.5 Å². The van der Waals surface area contributed by atoms with Crippen LogP contribution in [0, 0.1) is 0 Å². The summed E-state index contributed by atoms with van der Waals surface area (Å²) < 4.78 is 10.8. The molecule has 6 nitrogen and oxygen atoms in total. The molecule has 29 heavy (non-hydrogen) atoms. The van der Waals surface area contributed by atoms with E-state index in [0.717, 1.165) is 44.2 Å². The zero-order valence-electron chi connectivity index (χ0n) is 17.6. The molecule has 3 rings (SSSR count). The zero-order chi connectivity index (χ0) is 20.6. The summed E-state index contributed by atoms with van der Waals surface area (Å²) in [6.45, 7) is 9.42. The molecule has 0 aliphatic carbocycles. The molecule has 0 radical (unpaired) electrons. The third-order valence-electron chi connectivity index (χ3n) is 5.01. The van der Waals surface area contributed by atoms with Crippen molar-refractivity contribution in [1.82, 2.24) is 10.2 Å². The molecular formula is C23H31N3O3. The Morgan fingerprint density at radius 2 is 1.59 bits per heavy atom.